The van der Waals surface area contributed by atoms with Crippen molar-refractivity contribution in [2.45, 2.75) is 59.4 Å². The average molecular weight is 335 g/mol. The highest BCUT2D eigenvalue weighted by molar-refractivity contribution is 5.95. The fourth-order valence-electron chi connectivity index (χ4n) is 3.00. The number of aromatic nitrogens is 2. The first-order valence-electron chi connectivity index (χ1n) is 8.86. The number of aliphatic carboxylic acids is 1. The molecule has 0 saturated heterocycles. The van der Waals surface area contributed by atoms with Crippen molar-refractivity contribution < 1.29 is 14.7 Å². The van der Waals surface area contributed by atoms with Crippen molar-refractivity contribution in [3.8, 4) is 0 Å². The molecule has 134 valence electrons. The molecular formula is C18H29N3O3. The van der Waals surface area contributed by atoms with E-state index < -0.39 is 11.9 Å². The van der Waals surface area contributed by atoms with E-state index in [-0.39, 0.29) is 18.4 Å². The zero-order valence-corrected chi connectivity index (χ0v) is 15.1. The molecule has 6 heteroatoms. The van der Waals surface area contributed by atoms with Crippen molar-refractivity contribution >= 4 is 11.9 Å². The summed E-state index contributed by atoms with van der Waals surface area (Å²) >= 11 is 0. The monoisotopic (exact) mass is 335 g/mol. The highest BCUT2D eigenvalue weighted by Gasteiger charge is 2.32. The Labute approximate surface area is 143 Å². The third-order valence-corrected chi connectivity index (χ3v) is 4.24. The number of carbonyl (C=O) groups is 2. The molecule has 1 unspecified atom stereocenters. The van der Waals surface area contributed by atoms with Crippen molar-refractivity contribution in [3.05, 3.63) is 17.5 Å². The molecule has 1 aromatic rings. The molecule has 1 amide bonds. The minimum absolute atomic E-state index is 0.159. The Kier molecular flexibility index (Phi) is 6.02. The molecule has 6 nitrogen and oxygen atoms in total. The topological polar surface area (TPSA) is 84.2 Å². The predicted molar refractivity (Wildman–Crippen MR) is 92.0 cm³/mol. The normalized spacial score (nSPS) is 15.8. The Morgan fingerprint density at radius 2 is 1.96 bits per heavy atom. The van der Waals surface area contributed by atoms with Crippen LogP contribution in [-0.2, 0) is 11.3 Å². The molecule has 0 aromatic carbocycles. The largest absolute Gasteiger partial charge is 0.481 e. The summed E-state index contributed by atoms with van der Waals surface area (Å²) < 4.78 is 1.94. The number of hydrogen-bond donors (Lipinski definition) is 2. The molecule has 0 spiro atoms. The van der Waals surface area contributed by atoms with E-state index in [4.69, 9.17) is 0 Å². The molecule has 0 radical (unpaired) electrons. The molecule has 1 atom stereocenters. The Hall–Kier alpha value is -1.85. The van der Waals surface area contributed by atoms with Gasteiger partial charge in [0.2, 0.25) is 0 Å². The summed E-state index contributed by atoms with van der Waals surface area (Å²) in [5, 5.41) is 16.5. The van der Waals surface area contributed by atoms with Crippen LogP contribution in [0, 0.1) is 17.8 Å². The standard InChI is InChI=1S/C18H29N3O3/c1-11(2)7-14(18(23)24)8-19-17(22)15-9-20-21(10-12(3)4)16(15)13-5-6-13/h9,11-14H,5-8,10H2,1-4H3,(H,19,22)(H,23,24). The Balaban J connectivity index is 2.06. The van der Waals surface area contributed by atoms with Crippen LogP contribution in [0.2, 0.25) is 0 Å². The van der Waals surface area contributed by atoms with E-state index in [1.165, 1.54) is 0 Å². The van der Waals surface area contributed by atoms with Gasteiger partial charge in [-0.1, -0.05) is 27.7 Å². The minimum atomic E-state index is -0.859. The second-order valence-electron chi connectivity index (χ2n) is 7.67. The third kappa shape index (κ3) is 4.82. The van der Waals surface area contributed by atoms with Crippen molar-refractivity contribution in [1.29, 1.82) is 0 Å². The van der Waals surface area contributed by atoms with Crippen molar-refractivity contribution in [3.63, 3.8) is 0 Å². The zero-order chi connectivity index (χ0) is 17.9. The molecule has 1 fully saturated rings. The molecule has 1 aliphatic rings. The average Bonchev–Trinajstić information content (AvgIpc) is 3.23. The van der Waals surface area contributed by atoms with Gasteiger partial charge in [-0.05, 0) is 31.1 Å². The van der Waals surface area contributed by atoms with Gasteiger partial charge in [0.25, 0.3) is 5.91 Å². The molecule has 1 aromatic heterocycles. The lowest BCUT2D eigenvalue weighted by Crippen LogP contribution is -2.34. The Morgan fingerprint density at radius 1 is 1.29 bits per heavy atom. The van der Waals surface area contributed by atoms with Gasteiger partial charge in [-0.15, -0.1) is 0 Å². The van der Waals surface area contributed by atoms with E-state index in [2.05, 4.69) is 24.3 Å². The van der Waals surface area contributed by atoms with E-state index >= 15 is 0 Å². The summed E-state index contributed by atoms with van der Waals surface area (Å²) in [5.41, 5.74) is 1.61. The molecular weight excluding hydrogens is 306 g/mol. The van der Waals surface area contributed by atoms with E-state index in [1.54, 1.807) is 6.20 Å². The summed E-state index contributed by atoms with van der Waals surface area (Å²) in [4.78, 5) is 23.9. The zero-order valence-electron chi connectivity index (χ0n) is 15.1. The number of nitrogens with zero attached hydrogens (tertiary/aromatic N) is 2. The smallest absolute Gasteiger partial charge is 0.308 e. The number of hydrogen-bond acceptors (Lipinski definition) is 3. The molecule has 1 saturated carbocycles. The first-order chi connectivity index (χ1) is 11.3. The van der Waals surface area contributed by atoms with Gasteiger partial charge in [0.15, 0.2) is 0 Å². The fourth-order valence-corrected chi connectivity index (χ4v) is 3.00. The quantitative estimate of drug-likeness (QED) is 0.727. The van der Waals surface area contributed by atoms with Crippen molar-refractivity contribution in [2.75, 3.05) is 6.54 Å². The Bertz CT molecular complexity index is 588. The van der Waals surface area contributed by atoms with Crippen LogP contribution in [0.3, 0.4) is 0 Å². The second kappa shape index (κ2) is 7.81. The summed E-state index contributed by atoms with van der Waals surface area (Å²) in [6.07, 6.45) is 4.37. The van der Waals surface area contributed by atoms with Crippen LogP contribution >= 0.6 is 0 Å². The number of rotatable bonds is 9. The van der Waals surface area contributed by atoms with Crippen LogP contribution in [0.4, 0.5) is 0 Å². The second-order valence-corrected chi connectivity index (χ2v) is 7.67. The SMILES string of the molecule is CC(C)CC(CNC(=O)c1cnn(CC(C)C)c1C1CC1)C(=O)O. The lowest BCUT2D eigenvalue weighted by Gasteiger charge is -2.16. The Morgan fingerprint density at radius 3 is 2.46 bits per heavy atom. The van der Waals surface area contributed by atoms with Gasteiger partial charge in [-0.3, -0.25) is 14.3 Å². The number of carboxylic acids is 1. The van der Waals surface area contributed by atoms with E-state index in [9.17, 15) is 14.7 Å². The van der Waals surface area contributed by atoms with Gasteiger partial charge >= 0.3 is 5.97 Å². The van der Waals surface area contributed by atoms with Crippen LogP contribution in [-0.4, -0.2) is 33.3 Å². The lowest BCUT2D eigenvalue weighted by molar-refractivity contribution is -0.142. The van der Waals surface area contributed by atoms with Crippen LogP contribution in [0.15, 0.2) is 6.20 Å². The highest BCUT2D eigenvalue weighted by atomic mass is 16.4. The first kappa shape index (κ1) is 18.5. The van der Waals surface area contributed by atoms with Gasteiger partial charge < -0.3 is 10.4 Å². The summed E-state index contributed by atoms with van der Waals surface area (Å²) in [6, 6.07) is 0. The summed E-state index contributed by atoms with van der Waals surface area (Å²) in [5.74, 6) is -0.467. The lowest BCUT2D eigenvalue weighted by atomic mass is 9.97. The van der Waals surface area contributed by atoms with Gasteiger partial charge in [0.05, 0.1) is 23.4 Å². The summed E-state index contributed by atoms with van der Waals surface area (Å²) in [6.45, 7) is 9.18. The van der Waals surface area contributed by atoms with Crippen LogP contribution in [0.1, 0.15) is 68.9 Å². The molecule has 2 rings (SSSR count). The maximum Gasteiger partial charge on any atom is 0.308 e. The van der Waals surface area contributed by atoms with Crippen LogP contribution in [0.25, 0.3) is 0 Å². The van der Waals surface area contributed by atoms with Gasteiger partial charge in [-0.2, -0.15) is 5.10 Å². The predicted octanol–water partition coefficient (Wildman–Crippen LogP) is 2.89. The van der Waals surface area contributed by atoms with Crippen LogP contribution in [0.5, 0.6) is 0 Å². The molecule has 0 bridgehead atoms. The van der Waals surface area contributed by atoms with Crippen molar-refractivity contribution in [2.24, 2.45) is 17.8 Å². The van der Waals surface area contributed by atoms with E-state index in [0.29, 0.717) is 23.8 Å². The number of amides is 1. The first-order valence-corrected chi connectivity index (χ1v) is 8.86. The minimum Gasteiger partial charge on any atom is -0.481 e. The van der Waals surface area contributed by atoms with E-state index in [0.717, 1.165) is 25.1 Å². The molecule has 0 aliphatic heterocycles. The highest BCUT2D eigenvalue weighted by Crippen LogP contribution is 2.41. The van der Waals surface area contributed by atoms with Crippen molar-refractivity contribution in [1.82, 2.24) is 15.1 Å². The number of carbonyl (C=O) groups excluding carboxylic acids is 1. The maximum absolute atomic E-state index is 12.6. The van der Waals surface area contributed by atoms with E-state index in [1.807, 2.05) is 18.5 Å². The molecule has 24 heavy (non-hydrogen) atoms. The van der Waals surface area contributed by atoms with Gasteiger partial charge in [-0.25, -0.2) is 0 Å². The fraction of sp³-hybridized carbons (Fsp3) is 0.722. The number of nitrogens with one attached hydrogen (secondary N) is 1. The molecule has 1 aliphatic carbocycles. The van der Waals surface area contributed by atoms with Crippen LogP contribution < -0.4 is 5.32 Å². The molecule has 2 N–H and O–H groups in total. The van der Waals surface area contributed by atoms with Gasteiger partial charge in [0, 0.05) is 19.0 Å². The maximum atomic E-state index is 12.6. The number of carboxylic acid groups (broad SMARTS) is 1. The summed E-state index contributed by atoms with van der Waals surface area (Å²) in [7, 11) is 0. The molecule has 1 heterocycles. The van der Waals surface area contributed by atoms with Gasteiger partial charge in [0.1, 0.15) is 0 Å². The third-order valence-electron chi connectivity index (χ3n) is 4.24.